The van der Waals surface area contributed by atoms with Crippen molar-refractivity contribution in [3.8, 4) is 0 Å². The lowest BCUT2D eigenvalue weighted by Gasteiger charge is -1.98. The van der Waals surface area contributed by atoms with Crippen molar-refractivity contribution < 1.29 is 19.1 Å². The molecule has 0 amide bonds. The molecule has 0 aliphatic carbocycles. The van der Waals surface area contributed by atoms with Gasteiger partial charge in [-0.15, -0.1) is 11.8 Å². The molecule has 0 bridgehead atoms. The first-order valence-corrected chi connectivity index (χ1v) is 5.36. The Morgan fingerprint density at radius 2 is 1.86 bits per heavy atom. The van der Waals surface area contributed by atoms with Crippen LogP contribution in [0.3, 0.4) is 0 Å². The van der Waals surface area contributed by atoms with Crippen molar-refractivity contribution in [1.82, 2.24) is 0 Å². The van der Waals surface area contributed by atoms with Crippen LogP contribution < -0.4 is 0 Å². The smallest absolute Gasteiger partial charge is 0.331 e. The normalized spacial score (nSPS) is 10.1. The summed E-state index contributed by atoms with van der Waals surface area (Å²) in [7, 11) is 0. The van der Waals surface area contributed by atoms with Gasteiger partial charge in [-0.3, -0.25) is 4.79 Å². The van der Waals surface area contributed by atoms with Crippen molar-refractivity contribution in [3.63, 3.8) is 0 Å². The lowest BCUT2D eigenvalue weighted by molar-refractivity contribution is -0.140. The summed E-state index contributed by atoms with van der Waals surface area (Å²) < 4.78 is 9.33. The summed E-state index contributed by atoms with van der Waals surface area (Å²) in [4.78, 5) is 21.6. The molecule has 5 heteroatoms. The zero-order valence-electron chi connectivity index (χ0n) is 8.32. The Labute approximate surface area is 87.6 Å². The largest absolute Gasteiger partial charge is 0.465 e. The SMILES string of the molecule is CCOC(=O)C=CSCC(=O)OCC. The summed E-state index contributed by atoms with van der Waals surface area (Å²) in [5.74, 6) is -0.473. The average Bonchev–Trinajstić information content (AvgIpc) is 2.13. The lowest BCUT2D eigenvalue weighted by Crippen LogP contribution is -2.05. The molecular weight excluding hydrogens is 204 g/mol. The Hall–Kier alpha value is -0.970. The minimum absolute atomic E-state index is 0.212. The van der Waals surface area contributed by atoms with Gasteiger partial charge in [0.2, 0.25) is 0 Å². The molecule has 0 N–H and O–H groups in total. The van der Waals surface area contributed by atoms with Crippen LogP contribution in [0.15, 0.2) is 11.5 Å². The molecule has 0 saturated heterocycles. The number of rotatable bonds is 6. The van der Waals surface area contributed by atoms with Gasteiger partial charge in [-0.05, 0) is 19.3 Å². The van der Waals surface area contributed by atoms with Crippen molar-refractivity contribution in [1.29, 1.82) is 0 Å². The van der Waals surface area contributed by atoms with E-state index in [0.29, 0.717) is 13.2 Å². The fraction of sp³-hybridized carbons (Fsp3) is 0.556. The first-order valence-electron chi connectivity index (χ1n) is 4.31. The van der Waals surface area contributed by atoms with Gasteiger partial charge in [0.1, 0.15) is 0 Å². The molecule has 0 aromatic carbocycles. The number of ether oxygens (including phenoxy) is 2. The maximum Gasteiger partial charge on any atom is 0.331 e. The van der Waals surface area contributed by atoms with Crippen LogP contribution in [0.1, 0.15) is 13.8 Å². The van der Waals surface area contributed by atoms with Crippen LogP contribution in [0, 0.1) is 0 Å². The Balaban J connectivity index is 3.52. The van der Waals surface area contributed by atoms with Crippen LogP contribution in [0.2, 0.25) is 0 Å². The molecule has 0 saturated carbocycles. The van der Waals surface area contributed by atoms with E-state index in [0.717, 1.165) is 0 Å². The van der Waals surface area contributed by atoms with E-state index in [-0.39, 0.29) is 11.7 Å². The molecule has 0 aromatic heterocycles. The molecule has 14 heavy (non-hydrogen) atoms. The quantitative estimate of drug-likeness (QED) is 0.497. The summed E-state index contributed by atoms with van der Waals surface area (Å²) in [5.41, 5.74) is 0. The third-order valence-electron chi connectivity index (χ3n) is 1.09. The number of carbonyl (C=O) groups is 2. The summed E-state index contributed by atoms with van der Waals surface area (Å²) >= 11 is 1.20. The van der Waals surface area contributed by atoms with Gasteiger partial charge in [0.25, 0.3) is 0 Å². The van der Waals surface area contributed by atoms with E-state index in [9.17, 15) is 9.59 Å². The molecule has 0 spiro atoms. The van der Waals surface area contributed by atoms with E-state index in [2.05, 4.69) is 9.47 Å². The lowest BCUT2D eigenvalue weighted by atomic mass is 10.6. The molecule has 0 aromatic rings. The Bertz CT molecular complexity index is 213. The fourth-order valence-electron chi connectivity index (χ4n) is 0.613. The summed E-state index contributed by atoms with van der Waals surface area (Å²) in [6.45, 7) is 4.21. The molecule has 0 radical (unpaired) electrons. The van der Waals surface area contributed by atoms with Crippen LogP contribution in [0.25, 0.3) is 0 Å². The van der Waals surface area contributed by atoms with Gasteiger partial charge >= 0.3 is 11.9 Å². The first-order chi connectivity index (χ1) is 6.70. The molecule has 0 aliphatic heterocycles. The minimum Gasteiger partial charge on any atom is -0.465 e. The zero-order chi connectivity index (χ0) is 10.8. The van der Waals surface area contributed by atoms with E-state index in [4.69, 9.17) is 0 Å². The Morgan fingerprint density at radius 1 is 1.21 bits per heavy atom. The third-order valence-corrected chi connectivity index (χ3v) is 1.82. The van der Waals surface area contributed by atoms with Crippen LogP contribution >= 0.6 is 11.8 Å². The van der Waals surface area contributed by atoms with E-state index < -0.39 is 5.97 Å². The van der Waals surface area contributed by atoms with Crippen molar-refractivity contribution >= 4 is 23.7 Å². The van der Waals surface area contributed by atoms with E-state index in [1.807, 2.05) is 0 Å². The number of esters is 2. The third kappa shape index (κ3) is 7.67. The summed E-state index contributed by atoms with van der Waals surface area (Å²) in [6, 6.07) is 0. The van der Waals surface area contributed by atoms with Gasteiger partial charge < -0.3 is 9.47 Å². The highest BCUT2D eigenvalue weighted by atomic mass is 32.2. The highest BCUT2D eigenvalue weighted by Crippen LogP contribution is 2.02. The van der Waals surface area contributed by atoms with Gasteiger partial charge in [0.15, 0.2) is 0 Å². The van der Waals surface area contributed by atoms with Gasteiger partial charge in [-0.1, -0.05) is 0 Å². The predicted octanol–water partition coefficient (Wildman–Crippen LogP) is 1.36. The van der Waals surface area contributed by atoms with E-state index >= 15 is 0 Å². The van der Waals surface area contributed by atoms with Gasteiger partial charge in [0, 0.05) is 6.08 Å². The monoisotopic (exact) mass is 218 g/mol. The van der Waals surface area contributed by atoms with Gasteiger partial charge in [-0.25, -0.2) is 4.79 Å². The highest BCUT2D eigenvalue weighted by molar-refractivity contribution is 8.02. The van der Waals surface area contributed by atoms with Gasteiger partial charge in [-0.2, -0.15) is 0 Å². The van der Waals surface area contributed by atoms with E-state index in [1.165, 1.54) is 23.2 Å². The second-order valence-corrected chi connectivity index (χ2v) is 3.06. The number of hydrogen-bond acceptors (Lipinski definition) is 5. The molecular formula is C9H14O4S. The maximum absolute atomic E-state index is 10.8. The number of carbonyl (C=O) groups excluding carboxylic acids is 2. The minimum atomic E-state index is -0.399. The molecule has 0 heterocycles. The fourth-order valence-corrected chi connectivity index (χ4v) is 1.14. The second-order valence-electron chi connectivity index (χ2n) is 2.17. The molecule has 0 fully saturated rings. The molecule has 4 nitrogen and oxygen atoms in total. The molecule has 0 atom stereocenters. The second kappa shape index (κ2) is 8.62. The average molecular weight is 218 g/mol. The molecule has 80 valence electrons. The van der Waals surface area contributed by atoms with Crippen LogP contribution in [0.5, 0.6) is 0 Å². The van der Waals surface area contributed by atoms with Gasteiger partial charge in [0.05, 0.1) is 19.0 Å². The van der Waals surface area contributed by atoms with Crippen LogP contribution in [-0.2, 0) is 19.1 Å². The molecule has 0 unspecified atom stereocenters. The summed E-state index contributed by atoms with van der Waals surface area (Å²) in [5, 5.41) is 1.52. The van der Waals surface area contributed by atoms with Crippen molar-refractivity contribution in [2.45, 2.75) is 13.8 Å². The van der Waals surface area contributed by atoms with Crippen LogP contribution in [0.4, 0.5) is 0 Å². The standard InChI is InChI=1S/C9H14O4S/c1-3-12-8(10)5-6-14-7-9(11)13-4-2/h5-6H,3-4,7H2,1-2H3. The van der Waals surface area contributed by atoms with E-state index in [1.54, 1.807) is 13.8 Å². The first kappa shape index (κ1) is 13.0. The van der Waals surface area contributed by atoms with Crippen LogP contribution in [-0.4, -0.2) is 30.9 Å². The van der Waals surface area contributed by atoms with Crippen molar-refractivity contribution in [3.05, 3.63) is 11.5 Å². The Kier molecular flexibility index (Phi) is 8.02. The predicted molar refractivity (Wildman–Crippen MR) is 54.9 cm³/mol. The maximum atomic E-state index is 10.8. The number of thioether (sulfide) groups is 1. The van der Waals surface area contributed by atoms with Crippen molar-refractivity contribution in [2.24, 2.45) is 0 Å². The summed E-state index contributed by atoms with van der Waals surface area (Å²) in [6.07, 6.45) is 1.29. The topological polar surface area (TPSA) is 52.6 Å². The van der Waals surface area contributed by atoms with Crippen molar-refractivity contribution in [2.75, 3.05) is 19.0 Å². The molecule has 0 aliphatic rings. The highest BCUT2D eigenvalue weighted by Gasteiger charge is 1.99. The zero-order valence-corrected chi connectivity index (χ0v) is 9.13. The number of hydrogen-bond donors (Lipinski definition) is 0. The Morgan fingerprint density at radius 3 is 2.43 bits per heavy atom. The molecule has 0 rings (SSSR count).